The van der Waals surface area contributed by atoms with Crippen molar-refractivity contribution >= 4 is 46.4 Å². The minimum Gasteiger partial charge on any atom is -0.490 e. The SMILES string of the molecule is CC(O)CCCOc1c(Cl)cc(C(C)(C)c2cc(Cl)c(OCCCC(C)O)c(Cl)c2)cc1Cl. The van der Waals surface area contributed by atoms with Gasteiger partial charge in [-0.15, -0.1) is 0 Å². The van der Waals surface area contributed by atoms with E-state index in [-0.39, 0.29) is 12.2 Å². The maximum absolute atomic E-state index is 9.38. The quantitative estimate of drug-likeness (QED) is 0.272. The van der Waals surface area contributed by atoms with E-state index in [1.54, 1.807) is 13.8 Å². The first-order valence-electron chi connectivity index (χ1n) is 11.0. The van der Waals surface area contributed by atoms with Crippen LogP contribution in [-0.2, 0) is 5.41 Å². The lowest BCUT2D eigenvalue weighted by Crippen LogP contribution is -2.19. The van der Waals surface area contributed by atoms with Crippen LogP contribution in [0.1, 0.15) is 64.5 Å². The van der Waals surface area contributed by atoms with E-state index in [1.165, 1.54) is 0 Å². The van der Waals surface area contributed by atoms with Crippen LogP contribution in [0.2, 0.25) is 20.1 Å². The van der Waals surface area contributed by atoms with Crippen LogP contribution < -0.4 is 9.47 Å². The van der Waals surface area contributed by atoms with E-state index in [0.29, 0.717) is 70.5 Å². The summed E-state index contributed by atoms with van der Waals surface area (Å²) in [5.74, 6) is 0.862. The molecule has 0 amide bonds. The first kappa shape index (κ1) is 28.4. The third-order valence-corrected chi connectivity index (χ3v) is 6.59. The molecule has 0 spiro atoms. The summed E-state index contributed by atoms with van der Waals surface area (Å²) in [5.41, 5.74) is 1.26. The minimum absolute atomic E-state index is 0.373. The number of aliphatic hydroxyl groups excluding tert-OH is 2. The van der Waals surface area contributed by atoms with Crippen molar-refractivity contribution in [3.05, 3.63) is 55.5 Å². The van der Waals surface area contributed by atoms with Gasteiger partial charge in [0.1, 0.15) is 0 Å². The van der Waals surface area contributed by atoms with Gasteiger partial charge in [-0.05, 0) is 74.9 Å². The second-order valence-electron chi connectivity index (χ2n) is 8.84. The summed E-state index contributed by atoms with van der Waals surface area (Å²) in [5, 5.41) is 20.4. The average Bonchev–Trinajstić information content (AvgIpc) is 2.70. The Balaban J connectivity index is 2.21. The summed E-state index contributed by atoms with van der Waals surface area (Å²) < 4.78 is 11.5. The zero-order valence-electron chi connectivity index (χ0n) is 19.4. The van der Waals surface area contributed by atoms with Gasteiger partial charge in [0.2, 0.25) is 0 Å². The lowest BCUT2D eigenvalue weighted by Gasteiger charge is -2.28. The van der Waals surface area contributed by atoms with Crippen molar-refractivity contribution < 1.29 is 19.7 Å². The van der Waals surface area contributed by atoms with Gasteiger partial charge in [0.25, 0.3) is 0 Å². The van der Waals surface area contributed by atoms with E-state index in [2.05, 4.69) is 0 Å². The molecule has 2 unspecified atom stereocenters. The topological polar surface area (TPSA) is 58.9 Å². The highest BCUT2D eigenvalue weighted by Gasteiger charge is 2.27. The Labute approximate surface area is 216 Å². The Morgan fingerprint density at radius 3 is 1.27 bits per heavy atom. The van der Waals surface area contributed by atoms with Crippen molar-refractivity contribution in [2.45, 2.75) is 71.0 Å². The molecule has 2 aromatic rings. The van der Waals surface area contributed by atoms with E-state index in [0.717, 1.165) is 11.1 Å². The molecule has 0 bridgehead atoms. The highest BCUT2D eigenvalue weighted by atomic mass is 35.5. The molecule has 0 radical (unpaired) electrons. The van der Waals surface area contributed by atoms with E-state index >= 15 is 0 Å². The average molecular weight is 538 g/mol. The number of benzene rings is 2. The fourth-order valence-electron chi connectivity index (χ4n) is 3.39. The Morgan fingerprint density at radius 1 is 0.697 bits per heavy atom. The van der Waals surface area contributed by atoms with Gasteiger partial charge in [0.15, 0.2) is 11.5 Å². The van der Waals surface area contributed by atoms with Gasteiger partial charge in [-0.2, -0.15) is 0 Å². The molecule has 0 fully saturated rings. The predicted octanol–water partition coefficient (Wildman–Crippen LogP) is 7.71. The van der Waals surface area contributed by atoms with E-state index in [1.807, 2.05) is 38.1 Å². The Bertz CT molecular complexity index is 809. The summed E-state index contributed by atoms with van der Waals surface area (Å²) in [6.45, 7) is 8.37. The first-order valence-corrected chi connectivity index (χ1v) is 12.6. The highest BCUT2D eigenvalue weighted by molar-refractivity contribution is 6.38. The van der Waals surface area contributed by atoms with Gasteiger partial charge in [0.05, 0.1) is 45.5 Å². The maximum Gasteiger partial charge on any atom is 0.156 e. The van der Waals surface area contributed by atoms with Gasteiger partial charge >= 0.3 is 0 Å². The number of aliphatic hydroxyl groups is 2. The number of hydrogen-bond acceptors (Lipinski definition) is 4. The van der Waals surface area contributed by atoms with Gasteiger partial charge < -0.3 is 19.7 Å². The third-order valence-electron chi connectivity index (χ3n) is 5.47. The fraction of sp³-hybridized carbons (Fsp3) is 0.520. The van der Waals surface area contributed by atoms with Gasteiger partial charge in [-0.1, -0.05) is 60.3 Å². The Kier molecular flexibility index (Phi) is 10.9. The maximum atomic E-state index is 9.38. The number of halogens is 4. The van der Waals surface area contributed by atoms with E-state index in [9.17, 15) is 10.2 Å². The second kappa shape index (κ2) is 12.7. The molecule has 0 saturated heterocycles. The van der Waals surface area contributed by atoms with Crippen LogP contribution in [0.25, 0.3) is 0 Å². The monoisotopic (exact) mass is 536 g/mol. The Hall–Kier alpha value is -0.880. The smallest absolute Gasteiger partial charge is 0.156 e. The van der Waals surface area contributed by atoms with Gasteiger partial charge in [-0.3, -0.25) is 0 Å². The fourth-order valence-corrected chi connectivity index (χ4v) is 4.58. The second-order valence-corrected chi connectivity index (χ2v) is 10.5. The molecule has 2 aromatic carbocycles. The van der Waals surface area contributed by atoms with Crippen LogP contribution in [0.5, 0.6) is 11.5 Å². The molecule has 0 aromatic heterocycles. The van der Waals surface area contributed by atoms with Crippen LogP contribution >= 0.6 is 46.4 Å². The molecule has 8 heteroatoms. The molecule has 0 aliphatic heterocycles. The Morgan fingerprint density at radius 2 is 1.00 bits per heavy atom. The van der Waals surface area contributed by atoms with Crippen LogP contribution in [0, 0.1) is 0 Å². The normalized spacial score (nSPS) is 13.6. The summed E-state index contributed by atoms with van der Waals surface area (Å²) in [7, 11) is 0. The highest BCUT2D eigenvalue weighted by Crippen LogP contribution is 2.43. The molecular weight excluding hydrogens is 506 g/mol. The largest absolute Gasteiger partial charge is 0.490 e. The van der Waals surface area contributed by atoms with E-state index < -0.39 is 5.41 Å². The standard InChI is InChI=1S/C25H32Cl4O4/c1-15(30)7-5-9-32-23-19(26)11-17(12-20(23)27)25(3,4)18-13-21(28)24(22(29)14-18)33-10-6-8-16(2)31/h11-16,30-31H,5-10H2,1-4H3. The third kappa shape index (κ3) is 8.09. The molecule has 2 N–H and O–H groups in total. The molecule has 0 saturated carbocycles. The van der Waals surface area contributed by atoms with Crippen molar-refractivity contribution in [3.8, 4) is 11.5 Å². The first-order chi connectivity index (χ1) is 15.4. The lowest BCUT2D eigenvalue weighted by molar-refractivity contribution is 0.170. The molecule has 0 heterocycles. The van der Waals surface area contributed by atoms with Gasteiger partial charge in [-0.25, -0.2) is 0 Å². The zero-order valence-corrected chi connectivity index (χ0v) is 22.5. The summed E-state index contributed by atoms with van der Waals surface area (Å²) in [4.78, 5) is 0. The van der Waals surface area contributed by atoms with Gasteiger partial charge in [0, 0.05) is 5.41 Å². The van der Waals surface area contributed by atoms with Crippen molar-refractivity contribution in [1.82, 2.24) is 0 Å². The molecule has 4 nitrogen and oxygen atoms in total. The molecule has 33 heavy (non-hydrogen) atoms. The molecule has 0 aliphatic carbocycles. The number of hydrogen-bond donors (Lipinski definition) is 2. The van der Waals surface area contributed by atoms with Crippen molar-refractivity contribution in [1.29, 1.82) is 0 Å². The van der Waals surface area contributed by atoms with Crippen molar-refractivity contribution in [2.24, 2.45) is 0 Å². The van der Waals surface area contributed by atoms with E-state index in [4.69, 9.17) is 55.9 Å². The van der Waals surface area contributed by atoms with Crippen molar-refractivity contribution in [2.75, 3.05) is 13.2 Å². The summed E-state index contributed by atoms with van der Waals surface area (Å²) in [6, 6.07) is 7.33. The molecular formula is C25H32Cl4O4. The summed E-state index contributed by atoms with van der Waals surface area (Å²) in [6.07, 6.45) is 1.93. The van der Waals surface area contributed by atoms with Crippen LogP contribution in [-0.4, -0.2) is 35.6 Å². The molecule has 2 atom stereocenters. The molecule has 2 rings (SSSR count). The van der Waals surface area contributed by atoms with Crippen molar-refractivity contribution in [3.63, 3.8) is 0 Å². The molecule has 0 aliphatic rings. The zero-order chi connectivity index (χ0) is 24.8. The number of ether oxygens (including phenoxy) is 2. The number of rotatable bonds is 12. The predicted molar refractivity (Wildman–Crippen MR) is 138 cm³/mol. The van der Waals surface area contributed by atoms with Crippen LogP contribution in [0.4, 0.5) is 0 Å². The van der Waals surface area contributed by atoms with Crippen LogP contribution in [0.3, 0.4) is 0 Å². The summed E-state index contributed by atoms with van der Waals surface area (Å²) >= 11 is 26.0. The lowest BCUT2D eigenvalue weighted by atomic mass is 9.78. The molecule has 184 valence electrons. The van der Waals surface area contributed by atoms with Crippen LogP contribution in [0.15, 0.2) is 24.3 Å². The minimum atomic E-state index is -0.504.